The number of carbonyl (C=O) groups is 3. The first-order valence-electron chi connectivity index (χ1n) is 5.36. The summed E-state index contributed by atoms with van der Waals surface area (Å²) >= 11 is 0. The van der Waals surface area contributed by atoms with Crippen molar-refractivity contribution in [3.63, 3.8) is 0 Å². The van der Waals surface area contributed by atoms with Crippen LogP contribution in [0.15, 0.2) is 0 Å². The quantitative estimate of drug-likeness (QED) is 0.644. The fourth-order valence-electron chi connectivity index (χ4n) is 1.86. The molecule has 0 aromatic carbocycles. The zero-order valence-corrected chi connectivity index (χ0v) is 9.28. The number of amides is 2. The number of likely N-dealkylation sites (tertiary alicyclic amines) is 1. The zero-order valence-electron chi connectivity index (χ0n) is 9.28. The van der Waals surface area contributed by atoms with Crippen molar-refractivity contribution < 1.29 is 14.4 Å². The number of carbonyl (C=O) groups excluding carboxylic acids is 3. The van der Waals surface area contributed by atoms with Crippen molar-refractivity contribution in [2.24, 2.45) is 0 Å². The highest BCUT2D eigenvalue weighted by atomic mass is 16.2. The molecule has 1 rings (SSSR count). The third-order valence-corrected chi connectivity index (χ3v) is 2.68. The molecule has 1 fully saturated rings. The van der Waals surface area contributed by atoms with Crippen LogP contribution in [-0.2, 0) is 14.4 Å². The van der Waals surface area contributed by atoms with Gasteiger partial charge in [-0.2, -0.15) is 0 Å². The monoisotopic (exact) mass is 211 g/mol. The number of ketones is 1. The van der Waals surface area contributed by atoms with E-state index in [2.05, 4.69) is 0 Å². The van der Waals surface area contributed by atoms with Crippen LogP contribution in [0.2, 0.25) is 0 Å². The summed E-state index contributed by atoms with van der Waals surface area (Å²) in [6.45, 7) is 3.41. The van der Waals surface area contributed by atoms with Gasteiger partial charge in [-0.1, -0.05) is 0 Å². The van der Waals surface area contributed by atoms with Gasteiger partial charge in [0.05, 0.1) is 0 Å². The van der Waals surface area contributed by atoms with Crippen LogP contribution in [0.4, 0.5) is 0 Å². The van der Waals surface area contributed by atoms with Gasteiger partial charge in [0.2, 0.25) is 11.8 Å². The molecule has 1 atom stereocenters. The van der Waals surface area contributed by atoms with E-state index in [9.17, 15) is 14.4 Å². The molecule has 1 aliphatic heterocycles. The molecular weight excluding hydrogens is 194 g/mol. The number of imide groups is 1. The molecule has 4 heteroatoms. The summed E-state index contributed by atoms with van der Waals surface area (Å²) in [6.07, 6.45) is 2.68. The predicted octanol–water partition coefficient (Wildman–Crippen LogP) is 1.28. The minimum atomic E-state index is -0.0738. The summed E-state index contributed by atoms with van der Waals surface area (Å²) in [5, 5.41) is 0. The Bertz CT molecular complexity index is 270. The summed E-state index contributed by atoms with van der Waals surface area (Å²) in [5.41, 5.74) is 0. The number of hydrogen-bond donors (Lipinski definition) is 0. The van der Waals surface area contributed by atoms with Crippen molar-refractivity contribution in [3.05, 3.63) is 0 Å². The molecule has 1 saturated heterocycles. The lowest BCUT2D eigenvalue weighted by Crippen LogP contribution is -2.37. The molecule has 0 bridgehead atoms. The SMILES string of the molecule is CC(=O)CCCC(C)N1C(=O)CCC1=O. The summed E-state index contributed by atoms with van der Waals surface area (Å²) in [4.78, 5) is 34.8. The Hall–Kier alpha value is -1.19. The Morgan fingerprint density at radius 1 is 1.33 bits per heavy atom. The number of hydrogen-bond acceptors (Lipinski definition) is 3. The van der Waals surface area contributed by atoms with Crippen molar-refractivity contribution in [2.75, 3.05) is 0 Å². The smallest absolute Gasteiger partial charge is 0.229 e. The van der Waals surface area contributed by atoms with Gasteiger partial charge in [0.15, 0.2) is 0 Å². The van der Waals surface area contributed by atoms with Crippen molar-refractivity contribution in [2.45, 2.75) is 52.0 Å². The van der Waals surface area contributed by atoms with E-state index in [1.807, 2.05) is 6.92 Å². The topological polar surface area (TPSA) is 54.5 Å². The lowest BCUT2D eigenvalue weighted by molar-refractivity contribution is -0.140. The molecule has 0 radical (unpaired) electrons. The van der Waals surface area contributed by atoms with Gasteiger partial charge in [0.25, 0.3) is 0 Å². The molecule has 1 heterocycles. The van der Waals surface area contributed by atoms with Gasteiger partial charge < -0.3 is 4.79 Å². The minimum Gasteiger partial charge on any atom is -0.300 e. The number of Topliss-reactive ketones (excluding diaryl/α,β-unsaturated/α-hetero) is 1. The van der Waals surface area contributed by atoms with Gasteiger partial charge in [-0.25, -0.2) is 0 Å². The molecule has 0 saturated carbocycles. The third kappa shape index (κ3) is 3.15. The van der Waals surface area contributed by atoms with Gasteiger partial charge >= 0.3 is 0 Å². The van der Waals surface area contributed by atoms with Gasteiger partial charge in [-0.3, -0.25) is 14.5 Å². The summed E-state index contributed by atoms with van der Waals surface area (Å²) in [6, 6.07) is -0.0631. The molecule has 0 aliphatic carbocycles. The van der Waals surface area contributed by atoms with E-state index in [0.717, 1.165) is 12.8 Å². The normalized spacial score (nSPS) is 18.4. The van der Waals surface area contributed by atoms with Gasteiger partial charge in [-0.05, 0) is 26.7 Å². The molecule has 15 heavy (non-hydrogen) atoms. The highest BCUT2D eigenvalue weighted by Gasteiger charge is 2.32. The van der Waals surface area contributed by atoms with Crippen molar-refractivity contribution >= 4 is 17.6 Å². The second kappa shape index (κ2) is 5.05. The molecule has 84 valence electrons. The lowest BCUT2D eigenvalue weighted by atomic mass is 10.1. The average molecular weight is 211 g/mol. The van der Waals surface area contributed by atoms with Gasteiger partial charge in [-0.15, -0.1) is 0 Å². The summed E-state index contributed by atoms with van der Waals surface area (Å²) in [7, 11) is 0. The maximum Gasteiger partial charge on any atom is 0.229 e. The van der Waals surface area contributed by atoms with Crippen LogP contribution in [0.3, 0.4) is 0 Å². The molecule has 0 N–H and O–H groups in total. The van der Waals surface area contributed by atoms with Crippen LogP contribution in [-0.4, -0.2) is 28.5 Å². The van der Waals surface area contributed by atoms with E-state index < -0.39 is 0 Å². The Labute approximate surface area is 89.6 Å². The molecule has 2 amide bonds. The van der Waals surface area contributed by atoms with Crippen molar-refractivity contribution in [1.29, 1.82) is 0 Å². The van der Waals surface area contributed by atoms with Crippen LogP contribution < -0.4 is 0 Å². The number of nitrogens with zero attached hydrogens (tertiary/aromatic N) is 1. The van der Waals surface area contributed by atoms with E-state index in [1.54, 1.807) is 6.92 Å². The highest BCUT2D eigenvalue weighted by molar-refractivity contribution is 6.02. The second-order valence-electron chi connectivity index (χ2n) is 4.10. The predicted molar refractivity (Wildman–Crippen MR) is 55.1 cm³/mol. The van der Waals surface area contributed by atoms with Crippen LogP contribution in [0, 0.1) is 0 Å². The van der Waals surface area contributed by atoms with E-state index in [4.69, 9.17) is 0 Å². The minimum absolute atomic E-state index is 0.0631. The first kappa shape index (κ1) is 11.9. The second-order valence-corrected chi connectivity index (χ2v) is 4.10. The van der Waals surface area contributed by atoms with Gasteiger partial charge in [0, 0.05) is 25.3 Å². The zero-order chi connectivity index (χ0) is 11.4. The van der Waals surface area contributed by atoms with Gasteiger partial charge in [0.1, 0.15) is 5.78 Å². The molecule has 4 nitrogen and oxygen atoms in total. The van der Waals surface area contributed by atoms with Crippen molar-refractivity contribution in [1.82, 2.24) is 4.90 Å². The highest BCUT2D eigenvalue weighted by Crippen LogP contribution is 2.18. The van der Waals surface area contributed by atoms with Crippen LogP contribution in [0.5, 0.6) is 0 Å². The average Bonchev–Trinajstić information content (AvgIpc) is 2.45. The Kier molecular flexibility index (Phi) is 4.00. The molecule has 0 spiro atoms. The maximum atomic E-state index is 11.4. The fourth-order valence-corrected chi connectivity index (χ4v) is 1.86. The summed E-state index contributed by atoms with van der Waals surface area (Å²) < 4.78 is 0. The fraction of sp³-hybridized carbons (Fsp3) is 0.727. The largest absolute Gasteiger partial charge is 0.300 e. The van der Waals surface area contributed by atoms with E-state index in [-0.39, 0.29) is 23.6 Å². The van der Waals surface area contributed by atoms with Crippen LogP contribution >= 0.6 is 0 Å². The Balaban J connectivity index is 2.39. The van der Waals surface area contributed by atoms with Crippen molar-refractivity contribution in [3.8, 4) is 0 Å². The molecule has 0 aromatic heterocycles. The van der Waals surface area contributed by atoms with Crippen LogP contribution in [0.1, 0.15) is 46.0 Å². The first-order valence-corrected chi connectivity index (χ1v) is 5.36. The van der Waals surface area contributed by atoms with E-state index >= 15 is 0 Å². The Morgan fingerprint density at radius 3 is 2.33 bits per heavy atom. The van der Waals surface area contributed by atoms with E-state index in [1.165, 1.54) is 4.90 Å². The van der Waals surface area contributed by atoms with E-state index in [0.29, 0.717) is 19.3 Å². The molecule has 1 aliphatic rings. The standard InChI is InChI=1S/C11H17NO3/c1-8(4-3-5-9(2)13)12-10(14)6-7-11(12)15/h8H,3-7H2,1-2H3. The number of rotatable bonds is 5. The Morgan fingerprint density at radius 2 is 1.87 bits per heavy atom. The lowest BCUT2D eigenvalue weighted by Gasteiger charge is -2.22. The summed E-state index contributed by atoms with van der Waals surface area (Å²) in [5.74, 6) is 0.00641. The molecular formula is C11H17NO3. The maximum absolute atomic E-state index is 11.4. The third-order valence-electron chi connectivity index (χ3n) is 2.68. The first-order chi connectivity index (χ1) is 7.02. The molecule has 1 unspecified atom stereocenters. The van der Waals surface area contributed by atoms with Crippen LogP contribution in [0.25, 0.3) is 0 Å². The molecule has 0 aromatic rings.